The van der Waals surface area contributed by atoms with Gasteiger partial charge in [-0.05, 0) is 31.7 Å². The molecule has 0 atom stereocenters. The summed E-state index contributed by atoms with van der Waals surface area (Å²) in [5.41, 5.74) is 0. The molecule has 1 aliphatic heterocycles. The summed E-state index contributed by atoms with van der Waals surface area (Å²) in [5, 5.41) is 13.4. The van der Waals surface area contributed by atoms with E-state index in [4.69, 9.17) is 0 Å². The molecule has 2 aliphatic rings. The lowest BCUT2D eigenvalue weighted by Gasteiger charge is -2.32. The predicted molar refractivity (Wildman–Crippen MR) is 95.8 cm³/mol. The van der Waals surface area contributed by atoms with E-state index in [1.165, 1.54) is 12.8 Å². The molecule has 0 aromatic carbocycles. The van der Waals surface area contributed by atoms with Gasteiger partial charge in [0, 0.05) is 49.8 Å². The molecule has 0 unspecified atom stereocenters. The lowest BCUT2D eigenvalue weighted by atomic mass is 9.96. The Morgan fingerprint density at radius 3 is 2.58 bits per heavy atom. The Morgan fingerprint density at radius 1 is 1.00 bits per heavy atom. The maximum atomic E-state index is 4.60. The van der Waals surface area contributed by atoms with Crippen LogP contribution in [-0.2, 0) is 6.54 Å². The molecule has 134 valence electrons. The molecular weight excluding hydrogens is 328 g/mol. The Kier molecular flexibility index (Phi) is 3.88. The van der Waals surface area contributed by atoms with Crippen LogP contribution in [0.4, 0.5) is 5.82 Å². The van der Waals surface area contributed by atoms with Crippen molar-refractivity contribution in [3.8, 4) is 0 Å². The topological polar surface area (TPSA) is 77.6 Å². The molecule has 3 aromatic heterocycles. The number of anilines is 1. The van der Waals surface area contributed by atoms with Crippen molar-refractivity contribution in [2.75, 3.05) is 18.0 Å². The van der Waals surface area contributed by atoms with Gasteiger partial charge in [0.05, 0.1) is 6.20 Å². The molecule has 0 amide bonds. The number of hydrogen-bond donors (Lipinski definition) is 0. The quantitative estimate of drug-likeness (QED) is 0.701. The van der Waals surface area contributed by atoms with Gasteiger partial charge in [0.2, 0.25) is 0 Å². The first-order valence-corrected chi connectivity index (χ1v) is 9.30. The van der Waals surface area contributed by atoms with E-state index >= 15 is 0 Å². The lowest BCUT2D eigenvalue weighted by molar-refractivity contribution is 0.458. The molecule has 3 aromatic rings. The predicted octanol–water partition coefficient (Wildman–Crippen LogP) is 2.03. The Hall–Kier alpha value is -2.77. The summed E-state index contributed by atoms with van der Waals surface area (Å²) in [6, 6.07) is 2.52. The first-order chi connectivity index (χ1) is 12.9. The van der Waals surface area contributed by atoms with Gasteiger partial charge in [-0.25, -0.2) is 4.98 Å². The lowest BCUT2D eigenvalue weighted by Crippen LogP contribution is -2.34. The molecule has 8 nitrogen and oxygen atoms in total. The van der Waals surface area contributed by atoms with Gasteiger partial charge in [0.1, 0.15) is 18.2 Å². The van der Waals surface area contributed by atoms with Crippen LogP contribution in [0.15, 0.2) is 37.1 Å². The minimum atomic E-state index is 0.461. The average Bonchev–Trinajstić information content (AvgIpc) is 3.24. The molecule has 4 heterocycles. The second-order valence-electron chi connectivity index (χ2n) is 7.10. The number of aromatic nitrogens is 7. The van der Waals surface area contributed by atoms with E-state index in [2.05, 4.69) is 34.7 Å². The van der Waals surface area contributed by atoms with Gasteiger partial charge in [-0.3, -0.25) is 9.67 Å². The van der Waals surface area contributed by atoms with E-state index in [9.17, 15) is 0 Å². The van der Waals surface area contributed by atoms with Crippen molar-refractivity contribution < 1.29 is 0 Å². The van der Waals surface area contributed by atoms with Crippen molar-refractivity contribution in [1.29, 1.82) is 0 Å². The van der Waals surface area contributed by atoms with Gasteiger partial charge in [0.25, 0.3) is 0 Å². The summed E-state index contributed by atoms with van der Waals surface area (Å²) in [7, 11) is 0. The van der Waals surface area contributed by atoms with E-state index < -0.39 is 0 Å². The number of rotatable bonds is 5. The zero-order valence-corrected chi connectivity index (χ0v) is 14.6. The second-order valence-corrected chi connectivity index (χ2v) is 7.10. The van der Waals surface area contributed by atoms with Crippen molar-refractivity contribution in [3.05, 3.63) is 48.7 Å². The molecule has 1 saturated carbocycles. The van der Waals surface area contributed by atoms with Gasteiger partial charge in [-0.1, -0.05) is 0 Å². The molecule has 8 heteroatoms. The van der Waals surface area contributed by atoms with Gasteiger partial charge in [0.15, 0.2) is 5.82 Å². The van der Waals surface area contributed by atoms with Crippen molar-refractivity contribution >= 4 is 5.82 Å². The van der Waals surface area contributed by atoms with Gasteiger partial charge < -0.3 is 9.47 Å². The van der Waals surface area contributed by atoms with Gasteiger partial charge in [-0.2, -0.15) is 5.10 Å². The van der Waals surface area contributed by atoms with Crippen LogP contribution in [0.2, 0.25) is 0 Å². The standard InChI is InChI=1S/C18H22N8/c1-6-21-25(9-1)13-17-22-23-18(26(17)15-2-3-15)14-4-10-24(11-5-14)16-12-19-7-8-20-16/h1,6-9,12,14-15H,2-5,10-11,13H2. The minimum absolute atomic E-state index is 0.461. The maximum absolute atomic E-state index is 4.60. The highest BCUT2D eigenvalue weighted by molar-refractivity contribution is 5.36. The molecule has 1 saturated heterocycles. The normalized spacial score (nSPS) is 18.4. The monoisotopic (exact) mass is 350 g/mol. The first-order valence-electron chi connectivity index (χ1n) is 9.30. The highest BCUT2D eigenvalue weighted by Gasteiger charge is 2.33. The van der Waals surface area contributed by atoms with Gasteiger partial charge in [-0.15, -0.1) is 10.2 Å². The summed E-state index contributed by atoms with van der Waals surface area (Å²) in [6.45, 7) is 2.65. The van der Waals surface area contributed by atoms with Crippen molar-refractivity contribution in [2.45, 2.75) is 44.2 Å². The van der Waals surface area contributed by atoms with Crippen LogP contribution in [0.1, 0.15) is 49.3 Å². The summed E-state index contributed by atoms with van der Waals surface area (Å²) in [5.74, 6) is 3.62. The molecule has 0 N–H and O–H groups in total. The SMILES string of the molecule is c1cnn(Cc2nnc(C3CCN(c4cnccn4)CC3)n2C2CC2)c1. The fraction of sp³-hybridized carbons (Fsp3) is 0.500. The zero-order chi connectivity index (χ0) is 17.3. The van der Waals surface area contributed by atoms with Crippen LogP contribution in [0, 0.1) is 0 Å². The summed E-state index contributed by atoms with van der Waals surface area (Å²) < 4.78 is 4.31. The molecular formula is C18H22N8. The largest absolute Gasteiger partial charge is 0.355 e. The van der Waals surface area contributed by atoms with Crippen LogP contribution in [0.25, 0.3) is 0 Å². The van der Waals surface area contributed by atoms with E-state index in [-0.39, 0.29) is 0 Å². The van der Waals surface area contributed by atoms with Gasteiger partial charge >= 0.3 is 0 Å². The van der Waals surface area contributed by atoms with E-state index in [1.807, 2.05) is 23.1 Å². The molecule has 0 radical (unpaired) electrons. The van der Waals surface area contributed by atoms with Crippen LogP contribution in [0.3, 0.4) is 0 Å². The third-order valence-corrected chi connectivity index (χ3v) is 5.30. The number of nitrogens with zero attached hydrogens (tertiary/aromatic N) is 8. The fourth-order valence-corrected chi connectivity index (χ4v) is 3.81. The average molecular weight is 350 g/mol. The molecule has 5 rings (SSSR count). The van der Waals surface area contributed by atoms with E-state index in [0.717, 1.165) is 43.4 Å². The molecule has 26 heavy (non-hydrogen) atoms. The van der Waals surface area contributed by atoms with Crippen LogP contribution >= 0.6 is 0 Å². The molecule has 0 spiro atoms. The third kappa shape index (κ3) is 2.95. The molecule has 1 aliphatic carbocycles. The van der Waals surface area contributed by atoms with Crippen molar-refractivity contribution in [1.82, 2.24) is 34.5 Å². The smallest absolute Gasteiger partial charge is 0.155 e. The zero-order valence-electron chi connectivity index (χ0n) is 14.6. The fourth-order valence-electron chi connectivity index (χ4n) is 3.81. The van der Waals surface area contributed by atoms with Crippen LogP contribution in [-0.4, -0.2) is 47.6 Å². The number of piperidine rings is 1. The Morgan fingerprint density at radius 2 is 1.88 bits per heavy atom. The minimum Gasteiger partial charge on any atom is -0.355 e. The second kappa shape index (κ2) is 6.51. The summed E-state index contributed by atoms with van der Waals surface area (Å²) >= 11 is 0. The summed E-state index contributed by atoms with van der Waals surface area (Å²) in [6.07, 6.45) is 13.7. The Labute approximate surface area is 151 Å². The highest BCUT2D eigenvalue weighted by atomic mass is 15.3. The third-order valence-electron chi connectivity index (χ3n) is 5.30. The number of hydrogen-bond acceptors (Lipinski definition) is 6. The molecule has 0 bridgehead atoms. The van der Waals surface area contributed by atoms with Crippen molar-refractivity contribution in [3.63, 3.8) is 0 Å². The first kappa shape index (κ1) is 15.5. The summed E-state index contributed by atoms with van der Waals surface area (Å²) in [4.78, 5) is 10.9. The van der Waals surface area contributed by atoms with Crippen LogP contribution < -0.4 is 4.90 Å². The van der Waals surface area contributed by atoms with Crippen LogP contribution in [0.5, 0.6) is 0 Å². The van der Waals surface area contributed by atoms with E-state index in [1.54, 1.807) is 18.6 Å². The van der Waals surface area contributed by atoms with Crippen molar-refractivity contribution in [2.24, 2.45) is 0 Å². The Balaban J connectivity index is 1.33. The Bertz CT molecular complexity index is 845. The molecule has 2 fully saturated rings. The highest BCUT2D eigenvalue weighted by Crippen LogP contribution is 2.40. The van der Waals surface area contributed by atoms with E-state index in [0.29, 0.717) is 18.5 Å². The maximum Gasteiger partial charge on any atom is 0.155 e.